The molecular weight excluding hydrogens is 246 g/mol. The highest BCUT2D eigenvalue weighted by molar-refractivity contribution is 6.30. The van der Waals surface area contributed by atoms with Crippen molar-refractivity contribution >= 4 is 23.0 Å². The Morgan fingerprint density at radius 3 is 1.94 bits per heavy atom. The second-order valence-corrected chi connectivity index (χ2v) is 4.40. The monoisotopic (exact) mass is 261 g/mol. The summed E-state index contributed by atoms with van der Waals surface area (Å²) in [6, 6.07) is 15.8. The minimum Gasteiger partial charge on any atom is -0.494 e. The van der Waals surface area contributed by atoms with E-state index in [0.29, 0.717) is 6.61 Å². The van der Waals surface area contributed by atoms with Crippen LogP contribution in [0.4, 0.5) is 11.4 Å². The SMILES string of the molecule is CCOc1ccc(N(C)c2ccc(Cl)cc2)cc1. The molecule has 0 heterocycles. The van der Waals surface area contributed by atoms with Crippen LogP contribution in [0, 0.1) is 0 Å². The summed E-state index contributed by atoms with van der Waals surface area (Å²) in [6.07, 6.45) is 0. The van der Waals surface area contributed by atoms with Crippen LogP contribution in [0.1, 0.15) is 6.92 Å². The van der Waals surface area contributed by atoms with E-state index in [4.69, 9.17) is 16.3 Å². The maximum Gasteiger partial charge on any atom is 0.119 e. The summed E-state index contributed by atoms with van der Waals surface area (Å²) in [5, 5.41) is 0.749. The average Bonchev–Trinajstić information content (AvgIpc) is 2.40. The molecule has 0 N–H and O–H groups in total. The van der Waals surface area contributed by atoms with Gasteiger partial charge in [-0.1, -0.05) is 11.6 Å². The zero-order valence-electron chi connectivity index (χ0n) is 10.6. The summed E-state index contributed by atoms with van der Waals surface area (Å²) in [5.41, 5.74) is 2.21. The Morgan fingerprint density at radius 2 is 1.44 bits per heavy atom. The van der Waals surface area contributed by atoms with Gasteiger partial charge in [-0.2, -0.15) is 0 Å². The van der Waals surface area contributed by atoms with Crippen molar-refractivity contribution in [2.75, 3.05) is 18.6 Å². The molecule has 3 heteroatoms. The normalized spacial score (nSPS) is 10.2. The summed E-state index contributed by atoms with van der Waals surface area (Å²) < 4.78 is 5.43. The number of hydrogen-bond donors (Lipinski definition) is 0. The van der Waals surface area contributed by atoms with Gasteiger partial charge in [0.15, 0.2) is 0 Å². The minimum atomic E-state index is 0.687. The fourth-order valence-corrected chi connectivity index (χ4v) is 1.87. The van der Waals surface area contributed by atoms with E-state index in [2.05, 4.69) is 4.90 Å². The molecule has 0 saturated carbocycles. The van der Waals surface area contributed by atoms with Crippen molar-refractivity contribution < 1.29 is 4.74 Å². The van der Waals surface area contributed by atoms with Crippen LogP contribution in [0.15, 0.2) is 48.5 Å². The number of anilines is 2. The van der Waals surface area contributed by atoms with Crippen LogP contribution in [0.3, 0.4) is 0 Å². The Kier molecular flexibility index (Phi) is 4.11. The maximum absolute atomic E-state index is 5.88. The smallest absolute Gasteiger partial charge is 0.119 e. The van der Waals surface area contributed by atoms with Crippen LogP contribution in [0.2, 0.25) is 5.02 Å². The topological polar surface area (TPSA) is 12.5 Å². The number of halogens is 1. The molecule has 0 spiro atoms. The first-order chi connectivity index (χ1) is 8.70. The number of hydrogen-bond acceptors (Lipinski definition) is 2. The predicted octanol–water partition coefficient (Wildman–Crippen LogP) is 4.51. The molecule has 2 aromatic rings. The van der Waals surface area contributed by atoms with Crippen molar-refractivity contribution in [3.8, 4) is 5.75 Å². The van der Waals surface area contributed by atoms with Crippen LogP contribution in [-0.2, 0) is 0 Å². The molecule has 0 aliphatic carbocycles. The summed E-state index contributed by atoms with van der Waals surface area (Å²) in [5.74, 6) is 0.894. The number of nitrogens with zero attached hydrogens (tertiary/aromatic N) is 1. The summed E-state index contributed by atoms with van der Waals surface area (Å²) in [6.45, 7) is 2.67. The van der Waals surface area contributed by atoms with Crippen molar-refractivity contribution in [3.05, 3.63) is 53.6 Å². The Morgan fingerprint density at radius 1 is 0.944 bits per heavy atom. The Hall–Kier alpha value is -1.67. The quantitative estimate of drug-likeness (QED) is 0.803. The fourth-order valence-electron chi connectivity index (χ4n) is 1.75. The molecule has 0 fully saturated rings. The van der Waals surface area contributed by atoms with E-state index in [1.54, 1.807) is 0 Å². The molecule has 2 rings (SSSR count). The van der Waals surface area contributed by atoms with Gasteiger partial charge in [-0.25, -0.2) is 0 Å². The van der Waals surface area contributed by atoms with Crippen LogP contribution < -0.4 is 9.64 Å². The Balaban J connectivity index is 2.17. The van der Waals surface area contributed by atoms with Gasteiger partial charge in [0.1, 0.15) is 5.75 Å². The van der Waals surface area contributed by atoms with Gasteiger partial charge in [-0.3, -0.25) is 0 Å². The molecule has 2 nitrogen and oxygen atoms in total. The second kappa shape index (κ2) is 5.78. The van der Waals surface area contributed by atoms with Crippen LogP contribution in [0.5, 0.6) is 5.75 Å². The van der Waals surface area contributed by atoms with E-state index in [9.17, 15) is 0 Å². The third-order valence-corrected chi connectivity index (χ3v) is 3.00. The first-order valence-corrected chi connectivity index (χ1v) is 6.30. The van der Waals surface area contributed by atoms with Crippen molar-refractivity contribution in [2.45, 2.75) is 6.92 Å². The highest BCUT2D eigenvalue weighted by Gasteiger charge is 2.03. The van der Waals surface area contributed by atoms with Crippen LogP contribution in [0.25, 0.3) is 0 Å². The lowest BCUT2D eigenvalue weighted by molar-refractivity contribution is 0.340. The largest absolute Gasteiger partial charge is 0.494 e. The van der Waals surface area contributed by atoms with Crippen molar-refractivity contribution in [2.24, 2.45) is 0 Å². The lowest BCUT2D eigenvalue weighted by atomic mass is 10.2. The Labute approximate surface area is 113 Å². The third kappa shape index (κ3) is 2.96. The van der Waals surface area contributed by atoms with Crippen molar-refractivity contribution in [1.82, 2.24) is 0 Å². The number of rotatable bonds is 4. The molecule has 0 saturated heterocycles. The van der Waals surface area contributed by atoms with E-state index < -0.39 is 0 Å². The molecule has 0 aliphatic heterocycles. The first-order valence-electron chi connectivity index (χ1n) is 5.93. The number of ether oxygens (including phenoxy) is 1. The summed E-state index contributed by atoms with van der Waals surface area (Å²) in [7, 11) is 2.03. The van der Waals surface area contributed by atoms with Gasteiger partial charge in [0, 0.05) is 23.4 Å². The first kappa shape index (κ1) is 12.8. The van der Waals surface area contributed by atoms with Crippen LogP contribution >= 0.6 is 11.6 Å². The molecule has 18 heavy (non-hydrogen) atoms. The zero-order valence-corrected chi connectivity index (χ0v) is 11.3. The summed E-state index contributed by atoms with van der Waals surface area (Å²) >= 11 is 5.88. The van der Waals surface area contributed by atoms with E-state index in [0.717, 1.165) is 22.1 Å². The van der Waals surface area contributed by atoms with Gasteiger partial charge < -0.3 is 9.64 Å². The lowest BCUT2D eigenvalue weighted by Crippen LogP contribution is -2.08. The summed E-state index contributed by atoms with van der Waals surface area (Å²) in [4.78, 5) is 2.10. The standard InChI is InChI=1S/C15H16ClNO/c1-3-18-15-10-8-14(9-11-15)17(2)13-6-4-12(16)5-7-13/h4-11H,3H2,1-2H3. The van der Waals surface area contributed by atoms with Crippen molar-refractivity contribution in [3.63, 3.8) is 0 Å². The lowest BCUT2D eigenvalue weighted by Gasteiger charge is -2.19. The third-order valence-electron chi connectivity index (χ3n) is 2.75. The maximum atomic E-state index is 5.88. The highest BCUT2D eigenvalue weighted by atomic mass is 35.5. The van der Waals surface area contributed by atoms with E-state index >= 15 is 0 Å². The van der Waals surface area contributed by atoms with Crippen molar-refractivity contribution in [1.29, 1.82) is 0 Å². The second-order valence-electron chi connectivity index (χ2n) is 3.96. The molecule has 0 amide bonds. The fraction of sp³-hybridized carbons (Fsp3) is 0.200. The zero-order chi connectivity index (χ0) is 13.0. The molecule has 0 radical (unpaired) electrons. The van der Waals surface area contributed by atoms with E-state index in [1.807, 2.05) is 62.5 Å². The molecule has 94 valence electrons. The van der Waals surface area contributed by atoms with Crippen LogP contribution in [-0.4, -0.2) is 13.7 Å². The molecule has 2 aromatic carbocycles. The molecule has 0 unspecified atom stereocenters. The predicted molar refractivity (Wildman–Crippen MR) is 77.1 cm³/mol. The average molecular weight is 262 g/mol. The van der Waals surface area contributed by atoms with E-state index in [-0.39, 0.29) is 0 Å². The Bertz CT molecular complexity index is 493. The molecule has 0 aromatic heterocycles. The van der Waals surface area contributed by atoms with Gasteiger partial charge in [0.25, 0.3) is 0 Å². The highest BCUT2D eigenvalue weighted by Crippen LogP contribution is 2.26. The van der Waals surface area contributed by atoms with Gasteiger partial charge in [-0.15, -0.1) is 0 Å². The van der Waals surface area contributed by atoms with Gasteiger partial charge >= 0.3 is 0 Å². The van der Waals surface area contributed by atoms with Gasteiger partial charge in [0.05, 0.1) is 6.61 Å². The van der Waals surface area contributed by atoms with Gasteiger partial charge in [0.2, 0.25) is 0 Å². The number of benzene rings is 2. The molecule has 0 atom stereocenters. The van der Waals surface area contributed by atoms with Gasteiger partial charge in [-0.05, 0) is 55.5 Å². The molecule has 0 aliphatic rings. The molecular formula is C15H16ClNO. The molecule has 0 bridgehead atoms. The van der Waals surface area contributed by atoms with E-state index in [1.165, 1.54) is 0 Å². The minimum absolute atomic E-state index is 0.687.